The molecule has 0 saturated heterocycles. The lowest BCUT2D eigenvalue weighted by atomic mass is 9.85. The molecule has 2 aliphatic heterocycles. The maximum Gasteiger partial charge on any atom is 0.243 e. The van der Waals surface area contributed by atoms with Gasteiger partial charge in [0.05, 0.1) is 23.2 Å². The van der Waals surface area contributed by atoms with Gasteiger partial charge in [-0.2, -0.15) is 0 Å². The van der Waals surface area contributed by atoms with Crippen LogP contribution >= 0.6 is 11.6 Å². The number of hydrogen-bond acceptors (Lipinski definition) is 5. The zero-order valence-corrected chi connectivity index (χ0v) is 16.7. The maximum absolute atomic E-state index is 12.8. The van der Waals surface area contributed by atoms with Gasteiger partial charge >= 0.3 is 0 Å². The topological polar surface area (TPSA) is 93.9 Å². The van der Waals surface area contributed by atoms with Gasteiger partial charge in [-0.15, -0.1) is 0 Å². The molecule has 0 spiro atoms. The Kier molecular flexibility index (Phi) is 5.24. The van der Waals surface area contributed by atoms with E-state index in [0.717, 1.165) is 11.3 Å². The van der Waals surface area contributed by atoms with Gasteiger partial charge in [0.15, 0.2) is 11.5 Å². The standard InChI is InChI=1S/C21H22ClN3O4/c1-12-8-14(21(23)27)13-4-2-3-5-17(13)25(12)11-20(26)24-16-10-19-18(9-15(16)22)28-6-7-29-19/h2-5,9-10,12,14H,6-8,11H2,1H3,(H2,23,27)(H,24,26)/t12-,14+/m1/s1. The Bertz CT molecular complexity index is 965. The van der Waals surface area contributed by atoms with E-state index in [1.165, 1.54) is 0 Å². The fourth-order valence-corrected chi connectivity index (χ4v) is 4.09. The highest BCUT2D eigenvalue weighted by Crippen LogP contribution is 2.39. The Morgan fingerprint density at radius 3 is 2.62 bits per heavy atom. The number of hydrogen-bond donors (Lipinski definition) is 2. The first-order valence-electron chi connectivity index (χ1n) is 9.48. The minimum Gasteiger partial charge on any atom is -0.486 e. The summed E-state index contributed by atoms with van der Waals surface area (Å²) in [6.07, 6.45) is 0.560. The number of halogens is 1. The summed E-state index contributed by atoms with van der Waals surface area (Å²) in [6, 6.07) is 10.8. The molecule has 0 bridgehead atoms. The van der Waals surface area contributed by atoms with E-state index in [-0.39, 0.29) is 30.3 Å². The van der Waals surface area contributed by atoms with Crippen molar-refractivity contribution < 1.29 is 19.1 Å². The van der Waals surface area contributed by atoms with E-state index in [2.05, 4.69) is 5.32 Å². The van der Waals surface area contributed by atoms with Gasteiger partial charge in [-0.05, 0) is 25.0 Å². The Balaban J connectivity index is 1.54. The van der Waals surface area contributed by atoms with Gasteiger partial charge in [0, 0.05) is 23.9 Å². The van der Waals surface area contributed by atoms with E-state index >= 15 is 0 Å². The smallest absolute Gasteiger partial charge is 0.243 e. The van der Waals surface area contributed by atoms with E-state index in [1.807, 2.05) is 36.1 Å². The van der Waals surface area contributed by atoms with Crippen LogP contribution in [-0.2, 0) is 9.59 Å². The second-order valence-corrected chi connectivity index (χ2v) is 7.66. The van der Waals surface area contributed by atoms with Crippen molar-refractivity contribution in [3.63, 3.8) is 0 Å². The highest BCUT2D eigenvalue weighted by Gasteiger charge is 2.33. The van der Waals surface area contributed by atoms with Crippen molar-refractivity contribution in [2.45, 2.75) is 25.3 Å². The number of benzene rings is 2. The number of carbonyl (C=O) groups is 2. The zero-order valence-electron chi connectivity index (χ0n) is 16.0. The first-order valence-corrected chi connectivity index (χ1v) is 9.85. The highest BCUT2D eigenvalue weighted by atomic mass is 35.5. The summed E-state index contributed by atoms with van der Waals surface area (Å²) in [7, 11) is 0. The van der Waals surface area contributed by atoms with Crippen LogP contribution in [-0.4, -0.2) is 37.6 Å². The molecule has 2 aromatic rings. The number of para-hydroxylation sites is 1. The molecule has 0 fully saturated rings. The molecule has 152 valence electrons. The number of nitrogens with zero attached hydrogens (tertiary/aromatic N) is 1. The number of fused-ring (bicyclic) bond motifs is 2. The van der Waals surface area contributed by atoms with Gasteiger partial charge in [-0.1, -0.05) is 29.8 Å². The largest absolute Gasteiger partial charge is 0.486 e. The second kappa shape index (κ2) is 7.83. The van der Waals surface area contributed by atoms with E-state index in [1.54, 1.807) is 12.1 Å². The summed E-state index contributed by atoms with van der Waals surface area (Å²) in [4.78, 5) is 26.7. The number of carbonyl (C=O) groups excluding carboxylic acids is 2. The number of nitrogens with one attached hydrogen (secondary N) is 1. The third-order valence-electron chi connectivity index (χ3n) is 5.29. The molecule has 3 N–H and O–H groups in total. The first kappa shape index (κ1) is 19.4. The number of anilines is 2. The summed E-state index contributed by atoms with van der Waals surface area (Å²) >= 11 is 6.30. The predicted octanol–water partition coefficient (Wildman–Crippen LogP) is 2.92. The zero-order chi connectivity index (χ0) is 20.5. The van der Waals surface area contributed by atoms with Gasteiger partial charge in [-0.25, -0.2) is 0 Å². The van der Waals surface area contributed by atoms with Crippen molar-refractivity contribution in [1.29, 1.82) is 0 Å². The average molecular weight is 416 g/mol. The van der Waals surface area contributed by atoms with Gasteiger partial charge in [0.1, 0.15) is 13.2 Å². The molecule has 7 nitrogen and oxygen atoms in total. The minimum atomic E-state index is -0.354. The molecular formula is C21H22ClN3O4. The molecule has 2 atom stereocenters. The van der Waals surface area contributed by atoms with Crippen LogP contribution in [0.2, 0.25) is 5.02 Å². The van der Waals surface area contributed by atoms with Crippen LogP contribution in [0.1, 0.15) is 24.8 Å². The van der Waals surface area contributed by atoms with E-state index in [9.17, 15) is 9.59 Å². The van der Waals surface area contributed by atoms with Crippen molar-refractivity contribution in [2.24, 2.45) is 5.73 Å². The lowest BCUT2D eigenvalue weighted by Crippen LogP contribution is -2.45. The van der Waals surface area contributed by atoms with Crippen molar-refractivity contribution in [3.05, 3.63) is 47.0 Å². The Labute approximate surface area is 173 Å². The Morgan fingerprint density at radius 1 is 1.21 bits per heavy atom. The molecule has 2 aliphatic rings. The average Bonchev–Trinajstić information content (AvgIpc) is 2.70. The lowest BCUT2D eigenvalue weighted by molar-refractivity contribution is -0.119. The summed E-state index contributed by atoms with van der Waals surface area (Å²) in [5, 5.41) is 3.23. The van der Waals surface area contributed by atoms with E-state index < -0.39 is 0 Å². The van der Waals surface area contributed by atoms with Crippen molar-refractivity contribution in [3.8, 4) is 11.5 Å². The van der Waals surface area contributed by atoms with Crippen LogP contribution in [0.3, 0.4) is 0 Å². The van der Waals surface area contributed by atoms with Crippen LogP contribution in [0.5, 0.6) is 11.5 Å². The van der Waals surface area contributed by atoms with Gasteiger partial charge in [0.2, 0.25) is 11.8 Å². The molecule has 8 heteroatoms. The molecule has 2 amide bonds. The molecule has 29 heavy (non-hydrogen) atoms. The normalized spacial score (nSPS) is 20.0. The summed E-state index contributed by atoms with van der Waals surface area (Å²) in [5.74, 6) is 0.194. The van der Waals surface area contributed by atoms with Crippen molar-refractivity contribution in [2.75, 3.05) is 30.0 Å². The number of amides is 2. The number of rotatable bonds is 4. The predicted molar refractivity (Wildman–Crippen MR) is 111 cm³/mol. The Hall–Kier alpha value is -2.93. The molecule has 0 aliphatic carbocycles. The molecule has 2 aromatic carbocycles. The highest BCUT2D eigenvalue weighted by molar-refractivity contribution is 6.34. The number of primary amides is 1. The number of ether oxygens (including phenoxy) is 2. The minimum absolute atomic E-state index is 0.0242. The number of nitrogens with two attached hydrogens (primary N) is 1. The Morgan fingerprint density at radius 2 is 1.90 bits per heavy atom. The fourth-order valence-electron chi connectivity index (χ4n) is 3.89. The molecule has 0 radical (unpaired) electrons. The maximum atomic E-state index is 12.8. The third kappa shape index (κ3) is 3.82. The molecule has 0 aromatic heterocycles. The summed E-state index contributed by atoms with van der Waals surface area (Å²) < 4.78 is 11.1. The van der Waals surface area contributed by atoms with Crippen LogP contribution in [0.15, 0.2) is 36.4 Å². The third-order valence-corrected chi connectivity index (χ3v) is 5.61. The summed E-state index contributed by atoms with van der Waals surface area (Å²) in [6.45, 7) is 3.02. The molecule has 0 saturated carbocycles. The van der Waals surface area contributed by atoms with Crippen molar-refractivity contribution >= 4 is 34.8 Å². The van der Waals surface area contributed by atoms with Gasteiger partial charge in [0.25, 0.3) is 0 Å². The van der Waals surface area contributed by atoms with E-state index in [4.69, 9.17) is 26.8 Å². The van der Waals surface area contributed by atoms with Crippen LogP contribution in [0.25, 0.3) is 0 Å². The lowest BCUT2D eigenvalue weighted by Gasteiger charge is -2.39. The molecular weight excluding hydrogens is 394 g/mol. The summed E-state index contributed by atoms with van der Waals surface area (Å²) in [5.41, 5.74) is 7.75. The second-order valence-electron chi connectivity index (χ2n) is 7.25. The SMILES string of the molecule is C[C@@H]1C[C@H](C(N)=O)c2ccccc2N1CC(=O)Nc1cc2c(cc1Cl)OCCO2. The van der Waals surface area contributed by atoms with Crippen LogP contribution < -0.4 is 25.4 Å². The van der Waals surface area contributed by atoms with Crippen LogP contribution in [0, 0.1) is 0 Å². The quantitative estimate of drug-likeness (QED) is 0.800. The molecule has 0 unspecified atom stereocenters. The monoisotopic (exact) mass is 415 g/mol. The van der Waals surface area contributed by atoms with E-state index in [0.29, 0.717) is 41.8 Å². The first-order chi connectivity index (χ1) is 13.9. The van der Waals surface area contributed by atoms with Crippen LogP contribution in [0.4, 0.5) is 11.4 Å². The van der Waals surface area contributed by atoms with Gasteiger partial charge in [-0.3, -0.25) is 9.59 Å². The molecule has 4 rings (SSSR count). The molecule has 2 heterocycles. The fraction of sp³-hybridized carbons (Fsp3) is 0.333. The van der Waals surface area contributed by atoms with Crippen molar-refractivity contribution in [1.82, 2.24) is 0 Å². The van der Waals surface area contributed by atoms with Gasteiger partial charge < -0.3 is 25.4 Å².